The van der Waals surface area contributed by atoms with Gasteiger partial charge in [0.1, 0.15) is 40.2 Å². The van der Waals surface area contributed by atoms with Gasteiger partial charge in [-0.3, -0.25) is 9.59 Å². The molecule has 0 amide bonds. The zero-order valence-electron chi connectivity index (χ0n) is 42.8. The minimum absolute atomic E-state index is 0.0223. The van der Waals surface area contributed by atoms with Crippen LogP contribution in [0.3, 0.4) is 0 Å². The summed E-state index contributed by atoms with van der Waals surface area (Å²) in [7, 11) is 1.25. The minimum Gasteiger partial charge on any atom is -0.497 e. The monoisotopic (exact) mass is 1070 g/mol. The van der Waals surface area contributed by atoms with E-state index >= 15 is 0 Å². The Hall–Kier alpha value is -9.68. The van der Waals surface area contributed by atoms with Gasteiger partial charge in [-0.05, 0) is 173 Å². The summed E-state index contributed by atoms with van der Waals surface area (Å²) in [6.07, 6.45) is -11.5. The van der Waals surface area contributed by atoms with Crippen LogP contribution >= 0.6 is 0 Å². The first kappa shape index (κ1) is 52.4. The molecule has 0 saturated carbocycles. The third kappa shape index (κ3) is 9.52. The summed E-state index contributed by atoms with van der Waals surface area (Å²) in [5.41, 5.74) is 2.41. The van der Waals surface area contributed by atoms with Crippen LogP contribution in [0.5, 0.6) is 40.2 Å². The predicted molar refractivity (Wildman–Crippen MR) is 294 cm³/mol. The van der Waals surface area contributed by atoms with E-state index in [1.165, 1.54) is 31.4 Å². The van der Waals surface area contributed by atoms with Crippen molar-refractivity contribution < 1.29 is 54.9 Å². The molecule has 0 spiro atoms. The number of hydrogen-bond acceptors (Lipinski definition) is 6. The molecule has 0 heterocycles. The maximum atomic E-state index is 14.7. The molecule has 12 heteroatoms. The number of hydrogen-bond donors (Lipinski definition) is 0. The average Bonchev–Trinajstić information content (AvgIpc) is 3.82. The van der Waals surface area contributed by atoms with Crippen molar-refractivity contribution in [2.75, 3.05) is 7.11 Å². The molecule has 0 saturated heterocycles. The molecule has 0 radical (unpaired) electrons. The van der Waals surface area contributed by atoms with E-state index in [9.17, 15) is 35.9 Å². The van der Waals surface area contributed by atoms with Crippen LogP contribution in [-0.2, 0) is 10.8 Å². The van der Waals surface area contributed by atoms with Crippen molar-refractivity contribution in [3.63, 3.8) is 0 Å². The van der Waals surface area contributed by atoms with Crippen LogP contribution < -0.4 is 18.9 Å². The van der Waals surface area contributed by atoms with Gasteiger partial charge in [0.25, 0.3) is 0 Å². The smallest absolute Gasteiger partial charge is 0.411 e. The van der Waals surface area contributed by atoms with E-state index in [4.69, 9.17) is 18.9 Å². The van der Waals surface area contributed by atoms with Gasteiger partial charge < -0.3 is 18.9 Å². The zero-order valence-corrected chi connectivity index (χ0v) is 42.8. The van der Waals surface area contributed by atoms with Gasteiger partial charge in [-0.2, -0.15) is 26.3 Å². The summed E-state index contributed by atoms with van der Waals surface area (Å²) in [4.78, 5) is 26.7. The fourth-order valence-corrected chi connectivity index (χ4v) is 10.6. The third-order valence-electron chi connectivity index (χ3n) is 14.6. The summed E-state index contributed by atoms with van der Waals surface area (Å²) in [5, 5.41) is 0. The van der Waals surface area contributed by atoms with Crippen molar-refractivity contribution >= 4 is 11.6 Å². The Labute approximate surface area is 457 Å². The highest BCUT2D eigenvalue weighted by atomic mass is 19.4. The second kappa shape index (κ2) is 20.9. The Balaban J connectivity index is 0.779. The number of fused-ring (bicyclic) bond motifs is 3. The second-order valence-electron chi connectivity index (χ2n) is 19.3. The standard InChI is InChI=1S/C68H46F6O6/c1-43-11-13-44(14-12-43)63(75)45-15-29-53(30-16-45)78-56-37-21-48(22-38-56)65(61-9-5-3-7-59(61)60-8-4-6-10-62(60)65)49-23-39-57(40-24-49)79-54-31-17-46(18-32-54)64(76)47-19-33-55(34-20-47)80-58-41-27-51(28-42-58)66(67(69,70)71,68(72,73)74)50-25-35-52(77-2)36-26-50/h3-42H,1-2H3. The molecule has 396 valence electrons. The number of aryl methyl sites for hydroxylation is 1. The Morgan fingerprint density at radius 3 is 0.938 bits per heavy atom. The van der Waals surface area contributed by atoms with Crippen LogP contribution in [0.4, 0.5) is 26.3 Å². The van der Waals surface area contributed by atoms with E-state index in [-0.39, 0.29) is 28.8 Å². The van der Waals surface area contributed by atoms with Crippen molar-refractivity contribution in [2.24, 2.45) is 0 Å². The first-order valence-corrected chi connectivity index (χ1v) is 25.4. The topological polar surface area (TPSA) is 71.1 Å². The fourth-order valence-electron chi connectivity index (χ4n) is 10.6. The lowest BCUT2D eigenvalue weighted by molar-refractivity contribution is -0.288. The highest BCUT2D eigenvalue weighted by molar-refractivity contribution is 6.09. The van der Waals surface area contributed by atoms with E-state index < -0.39 is 34.3 Å². The number of carbonyl (C=O) groups is 2. The predicted octanol–water partition coefficient (Wildman–Crippen LogP) is 17.6. The summed E-state index contributed by atoms with van der Waals surface area (Å²) in [5.74, 6) is 2.19. The highest BCUT2D eigenvalue weighted by Gasteiger charge is 2.72. The Morgan fingerprint density at radius 2 is 0.625 bits per heavy atom. The largest absolute Gasteiger partial charge is 0.497 e. The van der Waals surface area contributed by atoms with E-state index in [1.807, 2.05) is 67.6 Å². The molecule has 80 heavy (non-hydrogen) atoms. The molecule has 11 rings (SSSR count). The highest BCUT2D eigenvalue weighted by Crippen LogP contribution is 2.58. The zero-order chi connectivity index (χ0) is 55.8. The molecule has 0 aliphatic heterocycles. The van der Waals surface area contributed by atoms with Crippen LogP contribution in [-0.4, -0.2) is 31.0 Å². The number of ether oxygens (including phenoxy) is 4. The molecule has 0 N–H and O–H groups in total. The van der Waals surface area contributed by atoms with Gasteiger partial charge in [-0.25, -0.2) is 0 Å². The fraction of sp³-hybridized carbons (Fsp3) is 0.0882. The van der Waals surface area contributed by atoms with Crippen LogP contribution in [0.25, 0.3) is 11.1 Å². The summed E-state index contributed by atoms with van der Waals surface area (Å²) in [6.45, 7) is 1.98. The quantitative estimate of drug-likeness (QED) is 0.0752. The van der Waals surface area contributed by atoms with Crippen LogP contribution in [0, 0.1) is 6.92 Å². The van der Waals surface area contributed by atoms with E-state index in [2.05, 4.69) is 60.7 Å². The lowest BCUT2D eigenvalue weighted by atomic mass is 9.68. The van der Waals surface area contributed by atoms with Gasteiger partial charge in [0, 0.05) is 22.3 Å². The van der Waals surface area contributed by atoms with Gasteiger partial charge in [-0.15, -0.1) is 0 Å². The first-order chi connectivity index (χ1) is 38.6. The van der Waals surface area contributed by atoms with E-state index in [0.717, 1.165) is 87.5 Å². The summed E-state index contributed by atoms with van der Waals surface area (Å²) < 4.78 is 111. The summed E-state index contributed by atoms with van der Waals surface area (Å²) in [6, 6.07) is 67.3. The first-order valence-electron chi connectivity index (χ1n) is 25.4. The Bertz CT molecular complexity index is 3800. The molecule has 0 aromatic heterocycles. The molecule has 6 nitrogen and oxygen atoms in total. The molecular formula is C68H46F6O6. The SMILES string of the molecule is COc1ccc(C(c2ccc(Oc3ccc(C(=O)c4ccc(Oc5ccc(C6(c7ccc(Oc8ccc(C(=O)c9ccc(C)cc9)cc8)cc7)c7ccccc7-c7ccccc76)cc5)cc4)cc3)cc2)(C(F)(F)F)C(F)(F)F)cc1. The van der Waals surface area contributed by atoms with E-state index in [1.54, 1.807) is 48.5 Å². The van der Waals surface area contributed by atoms with Crippen molar-refractivity contribution in [2.45, 2.75) is 30.1 Å². The molecular weight excluding hydrogens is 1030 g/mol. The average molecular weight is 1070 g/mol. The van der Waals surface area contributed by atoms with Gasteiger partial charge in [-0.1, -0.05) is 127 Å². The molecule has 0 atom stereocenters. The van der Waals surface area contributed by atoms with Crippen molar-refractivity contribution in [3.8, 4) is 51.4 Å². The number of rotatable bonds is 15. The molecule has 0 unspecified atom stereocenters. The molecule has 10 aromatic rings. The second-order valence-corrected chi connectivity index (χ2v) is 19.3. The van der Waals surface area contributed by atoms with Gasteiger partial charge in [0.05, 0.1) is 12.5 Å². The molecule has 0 fully saturated rings. The van der Waals surface area contributed by atoms with Crippen LogP contribution in [0.1, 0.15) is 70.8 Å². The molecule has 1 aliphatic carbocycles. The van der Waals surface area contributed by atoms with Crippen LogP contribution in [0.15, 0.2) is 243 Å². The lowest BCUT2D eigenvalue weighted by Crippen LogP contribution is -2.54. The van der Waals surface area contributed by atoms with Crippen molar-refractivity contribution in [1.29, 1.82) is 0 Å². The van der Waals surface area contributed by atoms with Crippen molar-refractivity contribution in [1.82, 2.24) is 0 Å². The molecule has 1 aliphatic rings. The van der Waals surface area contributed by atoms with Gasteiger partial charge in [0.2, 0.25) is 5.41 Å². The van der Waals surface area contributed by atoms with Crippen LogP contribution in [0.2, 0.25) is 0 Å². The summed E-state index contributed by atoms with van der Waals surface area (Å²) >= 11 is 0. The minimum atomic E-state index is -5.76. The van der Waals surface area contributed by atoms with Crippen molar-refractivity contribution in [3.05, 3.63) is 304 Å². The number of benzene rings is 10. The number of alkyl halides is 6. The third-order valence-corrected chi connectivity index (χ3v) is 14.6. The molecule has 0 bridgehead atoms. The van der Waals surface area contributed by atoms with Gasteiger partial charge >= 0.3 is 12.4 Å². The molecule has 10 aromatic carbocycles. The maximum Gasteiger partial charge on any atom is 0.411 e. The number of methoxy groups -OCH3 is 1. The number of halogens is 6. The number of carbonyl (C=O) groups excluding carboxylic acids is 2. The van der Waals surface area contributed by atoms with E-state index in [0.29, 0.717) is 45.3 Å². The maximum absolute atomic E-state index is 14.7. The van der Waals surface area contributed by atoms with Gasteiger partial charge in [0.15, 0.2) is 11.6 Å². The number of ketones is 2. The Kier molecular flexibility index (Phi) is 13.7. The Morgan fingerprint density at radius 1 is 0.350 bits per heavy atom. The normalized spacial score (nSPS) is 12.7. The lowest BCUT2D eigenvalue weighted by Gasteiger charge is -2.38.